The molecule has 1 saturated heterocycles. The lowest BCUT2D eigenvalue weighted by Crippen LogP contribution is -2.36. The number of anilines is 1. The summed E-state index contributed by atoms with van der Waals surface area (Å²) in [6.07, 6.45) is 2.56. The first-order valence-corrected chi connectivity index (χ1v) is 7.34. The summed E-state index contributed by atoms with van der Waals surface area (Å²) in [6.45, 7) is 6.87. The second kappa shape index (κ2) is 7.38. The highest BCUT2D eigenvalue weighted by Crippen LogP contribution is 2.14. The molecule has 0 spiro atoms. The molecule has 0 bridgehead atoms. The van der Waals surface area contributed by atoms with Crippen LogP contribution >= 0.6 is 0 Å². The number of carbonyl (C=O) groups excluding carboxylic acids is 1. The Hall–Kier alpha value is -1.66. The molecule has 2 heterocycles. The third-order valence-corrected chi connectivity index (χ3v) is 3.83. The van der Waals surface area contributed by atoms with Gasteiger partial charge in [0.05, 0.1) is 29.7 Å². The zero-order chi connectivity index (χ0) is 15.2. The minimum Gasteiger partial charge on any atom is -0.397 e. The minimum atomic E-state index is 0.0286. The van der Waals surface area contributed by atoms with Gasteiger partial charge in [-0.1, -0.05) is 0 Å². The Labute approximate surface area is 125 Å². The zero-order valence-electron chi connectivity index (χ0n) is 12.8. The summed E-state index contributed by atoms with van der Waals surface area (Å²) >= 11 is 0. The molecule has 0 radical (unpaired) electrons. The van der Waals surface area contributed by atoms with Crippen LogP contribution in [0, 0.1) is 6.92 Å². The number of aromatic nitrogens is 1. The van der Waals surface area contributed by atoms with E-state index in [4.69, 9.17) is 10.5 Å². The van der Waals surface area contributed by atoms with Crippen LogP contribution in [0.25, 0.3) is 0 Å². The Morgan fingerprint density at radius 2 is 2.19 bits per heavy atom. The summed E-state index contributed by atoms with van der Waals surface area (Å²) in [6, 6.07) is 1.72. The number of rotatable bonds is 4. The lowest BCUT2D eigenvalue weighted by atomic mass is 10.1. The minimum absolute atomic E-state index is 0.0286. The number of nitrogen functional groups attached to an aromatic ring is 1. The molecule has 1 amide bonds. The van der Waals surface area contributed by atoms with Crippen molar-refractivity contribution in [3.63, 3.8) is 0 Å². The first kappa shape index (κ1) is 15.7. The number of hydrogen-bond acceptors (Lipinski definition) is 5. The third kappa shape index (κ3) is 4.15. The predicted molar refractivity (Wildman–Crippen MR) is 82.2 cm³/mol. The molecule has 6 nitrogen and oxygen atoms in total. The van der Waals surface area contributed by atoms with Crippen LogP contribution in [0.15, 0.2) is 12.3 Å². The number of methoxy groups -OCH3 is 1. The normalized spacial score (nSPS) is 16.8. The standard InChI is InChI=1S/C15H24N4O2/c1-12-14(10-13(16)11-17-12)15(20)19-5-3-4-18(6-7-19)8-9-21-2/h10-11H,3-9,16H2,1-2H3. The van der Waals surface area contributed by atoms with Crippen molar-refractivity contribution in [1.29, 1.82) is 0 Å². The number of ether oxygens (including phenoxy) is 1. The van der Waals surface area contributed by atoms with Crippen LogP contribution in [0.5, 0.6) is 0 Å². The topological polar surface area (TPSA) is 71.7 Å². The van der Waals surface area contributed by atoms with Crippen LogP contribution in [0.2, 0.25) is 0 Å². The Kier molecular flexibility index (Phi) is 5.52. The lowest BCUT2D eigenvalue weighted by Gasteiger charge is -2.22. The molecule has 0 aromatic carbocycles. The number of hydrogen-bond donors (Lipinski definition) is 1. The van der Waals surface area contributed by atoms with E-state index in [0.717, 1.165) is 51.4 Å². The summed E-state index contributed by atoms with van der Waals surface area (Å²) in [5.41, 5.74) is 7.62. The molecule has 0 saturated carbocycles. The molecule has 2 N–H and O–H groups in total. The van der Waals surface area contributed by atoms with Gasteiger partial charge in [0.15, 0.2) is 0 Å². The van der Waals surface area contributed by atoms with Crippen molar-refractivity contribution in [2.45, 2.75) is 13.3 Å². The average molecular weight is 292 g/mol. The number of nitrogens with zero attached hydrogens (tertiary/aromatic N) is 3. The van der Waals surface area contributed by atoms with E-state index >= 15 is 0 Å². The van der Waals surface area contributed by atoms with Gasteiger partial charge in [0.2, 0.25) is 0 Å². The summed E-state index contributed by atoms with van der Waals surface area (Å²) in [5, 5.41) is 0. The van der Waals surface area contributed by atoms with Crippen molar-refractivity contribution in [1.82, 2.24) is 14.8 Å². The van der Waals surface area contributed by atoms with Gasteiger partial charge in [0, 0.05) is 33.3 Å². The van der Waals surface area contributed by atoms with E-state index in [2.05, 4.69) is 9.88 Å². The number of amides is 1. The van der Waals surface area contributed by atoms with E-state index in [-0.39, 0.29) is 5.91 Å². The van der Waals surface area contributed by atoms with Crippen LogP contribution in [0.4, 0.5) is 5.69 Å². The van der Waals surface area contributed by atoms with Crippen LogP contribution in [-0.2, 0) is 4.74 Å². The second-order valence-corrected chi connectivity index (χ2v) is 5.38. The number of aryl methyl sites for hydroxylation is 1. The summed E-state index contributed by atoms with van der Waals surface area (Å²) in [4.78, 5) is 21.0. The fourth-order valence-corrected chi connectivity index (χ4v) is 2.55. The van der Waals surface area contributed by atoms with Crippen molar-refractivity contribution in [3.05, 3.63) is 23.5 Å². The average Bonchev–Trinajstić information content (AvgIpc) is 2.72. The SMILES string of the molecule is COCCN1CCCN(C(=O)c2cc(N)cnc2C)CC1. The highest BCUT2D eigenvalue weighted by molar-refractivity contribution is 5.96. The highest BCUT2D eigenvalue weighted by Gasteiger charge is 2.21. The summed E-state index contributed by atoms with van der Waals surface area (Å²) < 4.78 is 5.11. The van der Waals surface area contributed by atoms with E-state index in [1.807, 2.05) is 11.8 Å². The maximum atomic E-state index is 12.6. The molecular formula is C15H24N4O2. The van der Waals surface area contributed by atoms with Gasteiger partial charge >= 0.3 is 0 Å². The molecule has 1 aromatic heterocycles. The maximum Gasteiger partial charge on any atom is 0.255 e. The van der Waals surface area contributed by atoms with Gasteiger partial charge in [-0.25, -0.2) is 0 Å². The molecule has 21 heavy (non-hydrogen) atoms. The Bertz CT molecular complexity index is 493. The van der Waals surface area contributed by atoms with Gasteiger partial charge in [-0.15, -0.1) is 0 Å². The molecule has 2 rings (SSSR count). The Balaban J connectivity index is 2.01. The zero-order valence-corrected chi connectivity index (χ0v) is 12.8. The van der Waals surface area contributed by atoms with Crippen molar-refractivity contribution >= 4 is 11.6 Å². The molecule has 1 aliphatic heterocycles. The largest absolute Gasteiger partial charge is 0.397 e. The van der Waals surface area contributed by atoms with E-state index in [1.165, 1.54) is 0 Å². The highest BCUT2D eigenvalue weighted by atomic mass is 16.5. The third-order valence-electron chi connectivity index (χ3n) is 3.83. The molecule has 0 unspecified atom stereocenters. The van der Waals surface area contributed by atoms with Gasteiger partial charge in [0.25, 0.3) is 5.91 Å². The smallest absolute Gasteiger partial charge is 0.255 e. The Morgan fingerprint density at radius 3 is 2.95 bits per heavy atom. The molecule has 6 heteroatoms. The monoisotopic (exact) mass is 292 g/mol. The fraction of sp³-hybridized carbons (Fsp3) is 0.600. The van der Waals surface area contributed by atoms with Crippen molar-refractivity contribution in [2.75, 3.05) is 52.2 Å². The lowest BCUT2D eigenvalue weighted by molar-refractivity contribution is 0.0758. The Morgan fingerprint density at radius 1 is 1.38 bits per heavy atom. The quantitative estimate of drug-likeness (QED) is 0.887. The number of pyridine rings is 1. The number of nitrogens with two attached hydrogens (primary N) is 1. The van der Waals surface area contributed by atoms with Gasteiger partial charge in [0.1, 0.15) is 0 Å². The van der Waals surface area contributed by atoms with Crippen molar-refractivity contribution in [3.8, 4) is 0 Å². The molecule has 0 atom stereocenters. The predicted octanol–water partition coefficient (Wildman–Crippen LogP) is 0.767. The first-order valence-electron chi connectivity index (χ1n) is 7.34. The van der Waals surface area contributed by atoms with E-state index < -0.39 is 0 Å². The molecular weight excluding hydrogens is 268 g/mol. The molecule has 116 valence electrons. The second-order valence-electron chi connectivity index (χ2n) is 5.38. The van der Waals surface area contributed by atoms with E-state index in [0.29, 0.717) is 11.3 Å². The van der Waals surface area contributed by atoms with Crippen LogP contribution in [0.1, 0.15) is 22.5 Å². The first-order chi connectivity index (χ1) is 10.1. The maximum absolute atomic E-state index is 12.6. The van der Waals surface area contributed by atoms with Gasteiger partial charge in [-0.2, -0.15) is 0 Å². The van der Waals surface area contributed by atoms with Crippen LogP contribution < -0.4 is 5.73 Å². The van der Waals surface area contributed by atoms with Gasteiger partial charge in [-0.05, 0) is 26.0 Å². The van der Waals surface area contributed by atoms with Gasteiger partial charge < -0.3 is 15.4 Å². The van der Waals surface area contributed by atoms with Crippen molar-refractivity contribution < 1.29 is 9.53 Å². The molecule has 0 aliphatic carbocycles. The van der Waals surface area contributed by atoms with E-state index in [1.54, 1.807) is 19.4 Å². The molecule has 1 aromatic rings. The molecule has 1 aliphatic rings. The van der Waals surface area contributed by atoms with Gasteiger partial charge in [-0.3, -0.25) is 14.7 Å². The van der Waals surface area contributed by atoms with E-state index in [9.17, 15) is 4.79 Å². The van der Waals surface area contributed by atoms with Crippen LogP contribution in [0.3, 0.4) is 0 Å². The number of carbonyl (C=O) groups is 1. The fourth-order valence-electron chi connectivity index (χ4n) is 2.55. The van der Waals surface area contributed by atoms with Crippen LogP contribution in [-0.4, -0.2) is 67.1 Å². The summed E-state index contributed by atoms with van der Waals surface area (Å²) in [5.74, 6) is 0.0286. The van der Waals surface area contributed by atoms with Crippen molar-refractivity contribution in [2.24, 2.45) is 0 Å². The summed E-state index contributed by atoms with van der Waals surface area (Å²) in [7, 11) is 1.71. The molecule has 1 fully saturated rings.